The summed E-state index contributed by atoms with van der Waals surface area (Å²) in [6, 6.07) is 6.21. The molecule has 3 heterocycles. The minimum Gasteiger partial charge on any atom is -0.328 e. The molecule has 6 nitrogen and oxygen atoms in total. The van der Waals surface area contributed by atoms with Gasteiger partial charge in [0.2, 0.25) is 11.8 Å². The zero-order chi connectivity index (χ0) is 20.6. The van der Waals surface area contributed by atoms with E-state index in [-0.39, 0.29) is 28.6 Å². The number of fused-ring (bicyclic) bond motifs is 2. The molecular weight excluding hydrogens is 364 g/mol. The van der Waals surface area contributed by atoms with Crippen LogP contribution < -0.4 is 14.8 Å². The summed E-state index contributed by atoms with van der Waals surface area (Å²) in [5.74, 6) is 1.36. The number of hydrogen-bond acceptors (Lipinski definition) is 3. The van der Waals surface area contributed by atoms with Crippen LogP contribution >= 0.6 is 0 Å². The number of hydrogen-bond donors (Lipinski definition) is 1. The van der Waals surface area contributed by atoms with Gasteiger partial charge in [0.25, 0.3) is 5.82 Å². The average Bonchev–Trinajstić information content (AvgIpc) is 2.92. The summed E-state index contributed by atoms with van der Waals surface area (Å²) in [7, 11) is 0. The quantitative estimate of drug-likeness (QED) is 0.568. The van der Waals surface area contributed by atoms with E-state index >= 15 is 0 Å². The molecule has 1 aliphatic carbocycles. The van der Waals surface area contributed by atoms with Gasteiger partial charge < -0.3 is 4.90 Å². The molecule has 29 heavy (non-hydrogen) atoms. The first-order chi connectivity index (χ1) is 13.8. The van der Waals surface area contributed by atoms with E-state index < -0.39 is 0 Å². The third-order valence-corrected chi connectivity index (χ3v) is 8.17. The number of likely N-dealkylation sites (tertiary alicyclic amines) is 1. The molecule has 3 aliphatic rings. The minimum absolute atomic E-state index is 0.0127. The molecule has 0 unspecified atom stereocenters. The Morgan fingerprint density at radius 3 is 2.59 bits per heavy atom. The Labute approximate surface area is 174 Å². The zero-order valence-electron chi connectivity index (χ0n) is 18.2. The van der Waals surface area contributed by atoms with Crippen molar-refractivity contribution in [1.29, 1.82) is 0 Å². The third kappa shape index (κ3) is 3.45. The van der Waals surface area contributed by atoms with Gasteiger partial charge in [-0.2, -0.15) is 0 Å². The number of imide groups is 1. The highest BCUT2D eigenvalue weighted by Gasteiger charge is 2.64. The second-order valence-corrected chi connectivity index (χ2v) is 9.88. The second kappa shape index (κ2) is 7.71. The lowest BCUT2D eigenvalue weighted by Gasteiger charge is -2.47. The number of unbranched alkanes of at least 4 members (excludes halogenated alkanes) is 1. The second-order valence-electron chi connectivity index (χ2n) is 9.88. The lowest BCUT2D eigenvalue weighted by atomic mass is 9.62. The zero-order valence-corrected chi connectivity index (χ0v) is 18.2. The summed E-state index contributed by atoms with van der Waals surface area (Å²) in [4.78, 5) is 35.0. The fourth-order valence-electron chi connectivity index (χ4n) is 5.65. The van der Waals surface area contributed by atoms with Gasteiger partial charge in [-0.05, 0) is 37.2 Å². The molecule has 2 saturated heterocycles. The number of nitrogens with zero attached hydrogens (tertiary/aromatic N) is 2. The monoisotopic (exact) mass is 400 g/mol. The Hall–Kier alpha value is -1.95. The molecule has 4 rings (SSSR count). The minimum atomic E-state index is -0.373. The van der Waals surface area contributed by atoms with E-state index in [0.29, 0.717) is 6.54 Å². The number of piperazine rings is 1. The third-order valence-electron chi connectivity index (χ3n) is 8.17. The highest BCUT2D eigenvalue weighted by atomic mass is 16.2. The van der Waals surface area contributed by atoms with E-state index in [1.54, 1.807) is 9.80 Å². The van der Waals surface area contributed by atoms with Gasteiger partial charge in [-0.25, -0.2) is 4.98 Å². The molecule has 2 aliphatic heterocycles. The number of rotatable bonds is 6. The first-order valence-electron chi connectivity index (χ1n) is 11.3. The van der Waals surface area contributed by atoms with Gasteiger partial charge >= 0.3 is 0 Å². The molecule has 1 saturated carbocycles. The Bertz CT molecular complexity index is 757. The summed E-state index contributed by atoms with van der Waals surface area (Å²) in [6.07, 6.45) is 5.66. The Morgan fingerprint density at radius 1 is 1.14 bits per heavy atom. The van der Waals surface area contributed by atoms with Crippen LogP contribution in [0.3, 0.4) is 0 Å². The highest BCUT2D eigenvalue weighted by Crippen LogP contribution is 2.60. The van der Waals surface area contributed by atoms with E-state index in [0.717, 1.165) is 58.4 Å². The summed E-state index contributed by atoms with van der Waals surface area (Å²) in [5.41, 5.74) is -0.584. The number of pyridine rings is 1. The van der Waals surface area contributed by atoms with Crippen molar-refractivity contribution in [1.82, 2.24) is 4.90 Å². The number of aromatic nitrogens is 1. The van der Waals surface area contributed by atoms with Gasteiger partial charge in [0.15, 0.2) is 0 Å². The molecule has 2 amide bonds. The molecule has 0 spiro atoms. The molecule has 158 valence electrons. The van der Waals surface area contributed by atoms with Crippen molar-refractivity contribution in [3.63, 3.8) is 0 Å². The van der Waals surface area contributed by atoms with Gasteiger partial charge in [0.05, 0.1) is 18.2 Å². The van der Waals surface area contributed by atoms with Crippen molar-refractivity contribution in [2.45, 2.75) is 46.5 Å². The van der Waals surface area contributed by atoms with Crippen LogP contribution in [0.2, 0.25) is 0 Å². The van der Waals surface area contributed by atoms with Crippen LogP contribution in [0.4, 0.5) is 5.82 Å². The van der Waals surface area contributed by atoms with E-state index in [4.69, 9.17) is 0 Å². The van der Waals surface area contributed by atoms with Gasteiger partial charge in [-0.15, -0.1) is 0 Å². The van der Waals surface area contributed by atoms with Crippen molar-refractivity contribution in [3.05, 3.63) is 24.4 Å². The van der Waals surface area contributed by atoms with Gasteiger partial charge in [-0.1, -0.05) is 26.8 Å². The summed E-state index contributed by atoms with van der Waals surface area (Å²) >= 11 is 0. The summed E-state index contributed by atoms with van der Waals surface area (Å²) in [5, 5.41) is 0. The number of quaternary nitrogens is 1. The number of anilines is 1. The Kier molecular flexibility index (Phi) is 5.40. The fraction of sp³-hybridized carbons (Fsp3) is 0.696. The predicted molar refractivity (Wildman–Crippen MR) is 111 cm³/mol. The largest absolute Gasteiger partial charge is 0.328 e. The number of amides is 2. The number of carbonyl (C=O) groups is 2. The van der Waals surface area contributed by atoms with E-state index in [9.17, 15) is 9.59 Å². The van der Waals surface area contributed by atoms with Crippen molar-refractivity contribution >= 4 is 17.6 Å². The maximum atomic E-state index is 13.1. The normalized spacial score (nSPS) is 29.6. The van der Waals surface area contributed by atoms with E-state index in [1.807, 2.05) is 12.3 Å². The lowest BCUT2D eigenvalue weighted by molar-refractivity contribution is -0.900. The van der Waals surface area contributed by atoms with Crippen LogP contribution in [-0.4, -0.2) is 56.0 Å². The molecule has 3 fully saturated rings. The molecule has 0 radical (unpaired) electrons. The van der Waals surface area contributed by atoms with Gasteiger partial charge in [0, 0.05) is 18.5 Å². The molecule has 6 heteroatoms. The molecule has 2 bridgehead atoms. The number of H-pyrrole nitrogens is 1. The number of nitrogens with one attached hydrogen (secondary N) is 2. The predicted octanol–water partition coefficient (Wildman–Crippen LogP) is 0.797. The molecule has 0 aromatic carbocycles. The first-order valence-corrected chi connectivity index (χ1v) is 11.3. The number of piperidine rings is 1. The standard InChI is InChI=1S/C23H34N4O2/c1-22(2)18-9-10-23(22,3)21(29)27(20(18)28)13-7-6-12-25-14-16-26(17-15-25)19-8-4-5-11-24-19/h4-5,8,11,18H,6-7,9-10,12-17H2,1-3H3/p+2/t18-,23-/m1/s1. The van der Waals surface area contributed by atoms with Crippen LogP contribution in [0.15, 0.2) is 24.4 Å². The van der Waals surface area contributed by atoms with E-state index in [2.05, 4.69) is 42.8 Å². The van der Waals surface area contributed by atoms with Crippen LogP contribution in [0.1, 0.15) is 46.5 Å². The maximum Gasteiger partial charge on any atom is 0.274 e. The van der Waals surface area contributed by atoms with Crippen molar-refractivity contribution in [3.8, 4) is 0 Å². The topological polar surface area (TPSA) is 59.2 Å². The van der Waals surface area contributed by atoms with Crippen molar-refractivity contribution in [2.24, 2.45) is 16.7 Å². The van der Waals surface area contributed by atoms with Crippen LogP contribution in [0.25, 0.3) is 0 Å². The molecule has 2 atom stereocenters. The highest BCUT2D eigenvalue weighted by molar-refractivity contribution is 6.03. The summed E-state index contributed by atoms with van der Waals surface area (Å²) < 4.78 is 0. The van der Waals surface area contributed by atoms with Gasteiger partial charge in [0.1, 0.15) is 26.2 Å². The molecule has 2 N–H and O–H groups in total. The van der Waals surface area contributed by atoms with Crippen molar-refractivity contribution in [2.75, 3.05) is 44.2 Å². The summed E-state index contributed by atoms with van der Waals surface area (Å²) in [6.45, 7) is 12.4. The first kappa shape index (κ1) is 20.3. The van der Waals surface area contributed by atoms with E-state index in [1.165, 1.54) is 5.82 Å². The van der Waals surface area contributed by atoms with Crippen LogP contribution in [0, 0.1) is 16.7 Å². The van der Waals surface area contributed by atoms with Crippen LogP contribution in [-0.2, 0) is 9.59 Å². The fourth-order valence-corrected chi connectivity index (χ4v) is 5.65. The molecule has 1 aromatic rings. The molecular formula is C23H36N4O2+2. The van der Waals surface area contributed by atoms with Crippen molar-refractivity contribution < 1.29 is 19.5 Å². The lowest BCUT2D eigenvalue weighted by Crippen LogP contribution is -3.14. The molecule has 1 aromatic heterocycles. The smallest absolute Gasteiger partial charge is 0.274 e. The number of carbonyl (C=O) groups excluding carboxylic acids is 2. The van der Waals surface area contributed by atoms with Crippen LogP contribution in [0.5, 0.6) is 0 Å². The Morgan fingerprint density at radius 2 is 1.90 bits per heavy atom. The maximum absolute atomic E-state index is 13.1. The number of aromatic amines is 1. The average molecular weight is 401 g/mol. The Balaban J connectivity index is 1.23. The SMILES string of the molecule is CC1(C)[C@@H]2CC[C@]1(C)C(=O)N(CCCC[NH+]1CCN(c3cccc[nH+]3)CC1)C2=O. The van der Waals surface area contributed by atoms with Gasteiger partial charge in [-0.3, -0.25) is 19.4 Å².